The van der Waals surface area contributed by atoms with Gasteiger partial charge in [0.15, 0.2) is 0 Å². The summed E-state index contributed by atoms with van der Waals surface area (Å²) < 4.78 is 0. The highest BCUT2D eigenvalue weighted by atomic mass is 16.2. The highest BCUT2D eigenvalue weighted by Gasteiger charge is 2.29. The maximum absolute atomic E-state index is 12.8. The van der Waals surface area contributed by atoms with Crippen LogP contribution in [0.4, 0.5) is 5.82 Å². The molecule has 6 nitrogen and oxygen atoms in total. The van der Waals surface area contributed by atoms with Crippen molar-refractivity contribution in [1.82, 2.24) is 20.1 Å². The first-order chi connectivity index (χ1) is 11.9. The van der Waals surface area contributed by atoms with Gasteiger partial charge in [0.2, 0.25) is 0 Å². The lowest BCUT2D eigenvalue weighted by Crippen LogP contribution is -2.49. The zero-order chi connectivity index (χ0) is 18.0. The van der Waals surface area contributed by atoms with Gasteiger partial charge in [-0.1, -0.05) is 26.8 Å². The molecule has 3 heterocycles. The molecule has 0 unspecified atom stereocenters. The van der Waals surface area contributed by atoms with E-state index in [0.717, 1.165) is 37.4 Å². The number of amides is 1. The number of rotatable bonds is 3. The summed E-state index contributed by atoms with van der Waals surface area (Å²) in [4.78, 5) is 21.4. The van der Waals surface area contributed by atoms with Crippen molar-refractivity contribution in [3.8, 4) is 0 Å². The SMILES string of the molecule is CN(C(=O)c1cc(C(C)(C)C)[nH]n1)[C@H]1CCCN(c2ccccn2)C1. The molecule has 0 spiro atoms. The Hall–Kier alpha value is -2.37. The molecule has 1 atom stereocenters. The number of hydrogen-bond acceptors (Lipinski definition) is 4. The second-order valence-electron chi connectivity index (χ2n) is 7.76. The molecule has 0 aromatic carbocycles. The maximum atomic E-state index is 12.8. The first-order valence-corrected chi connectivity index (χ1v) is 8.85. The van der Waals surface area contributed by atoms with E-state index in [0.29, 0.717) is 5.69 Å². The Kier molecular flexibility index (Phi) is 4.79. The molecule has 1 amide bonds. The standard InChI is InChI=1S/C19H27N5O/c1-19(2,3)16-12-15(21-22-16)18(25)23(4)14-8-7-11-24(13-14)17-9-5-6-10-20-17/h5-6,9-10,12,14H,7-8,11,13H2,1-4H3,(H,21,22)/t14-/m0/s1. The summed E-state index contributed by atoms with van der Waals surface area (Å²) in [7, 11) is 1.88. The minimum absolute atomic E-state index is 0.0281. The van der Waals surface area contributed by atoms with E-state index >= 15 is 0 Å². The largest absolute Gasteiger partial charge is 0.355 e. The number of pyridine rings is 1. The molecular weight excluding hydrogens is 314 g/mol. The number of carbonyl (C=O) groups is 1. The van der Waals surface area contributed by atoms with Gasteiger partial charge in [-0.25, -0.2) is 4.98 Å². The van der Waals surface area contributed by atoms with Gasteiger partial charge in [-0.3, -0.25) is 9.89 Å². The molecule has 0 aliphatic carbocycles. The van der Waals surface area contributed by atoms with Crippen LogP contribution in [-0.4, -0.2) is 52.2 Å². The fraction of sp³-hybridized carbons (Fsp3) is 0.526. The summed E-state index contributed by atoms with van der Waals surface area (Å²) in [5.74, 6) is 0.947. The molecule has 6 heteroatoms. The van der Waals surface area contributed by atoms with Gasteiger partial charge in [0.05, 0.1) is 0 Å². The Balaban J connectivity index is 1.70. The summed E-state index contributed by atoms with van der Waals surface area (Å²) in [6.45, 7) is 8.08. The number of nitrogens with one attached hydrogen (secondary N) is 1. The molecule has 0 radical (unpaired) electrons. The lowest BCUT2D eigenvalue weighted by Gasteiger charge is -2.38. The van der Waals surface area contributed by atoms with Crippen molar-refractivity contribution in [2.45, 2.75) is 45.1 Å². The lowest BCUT2D eigenvalue weighted by atomic mass is 9.92. The molecule has 1 aliphatic rings. The highest BCUT2D eigenvalue weighted by Crippen LogP contribution is 2.23. The van der Waals surface area contributed by atoms with Gasteiger partial charge in [-0.05, 0) is 31.0 Å². The van der Waals surface area contributed by atoms with Gasteiger partial charge < -0.3 is 9.80 Å². The van der Waals surface area contributed by atoms with Crippen LogP contribution in [0.3, 0.4) is 0 Å². The zero-order valence-electron chi connectivity index (χ0n) is 15.5. The van der Waals surface area contributed by atoms with Gasteiger partial charge in [0, 0.05) is 43.5 Å². The van der Waals surface area contributed by atoms with Crippen LogP contribution in [0, 0.1) is 0 Å². The van der Waals surface area contributed by atoms with Crippen molar-refractivity contribution in [2.75, 3.05) is 25.0 Å². The number of piperidine rings is 1. The number of carbonyl (C=O) groups excluding carboxylic acids is 1. The number of H-pyrrole nitrogens is 1. The van der Waals surface area contributed by atoms with Crippen LogP contribution >= 0.6 is 0 Å². The van der Waals surface area contributed by atoms with Crippen LogP contribution in [0.2, 0.25) is 0 Å². The third kappa shape index (κ3) is 3.83. The lowest BCUT2D eigenvalue weighted by molar-refractivity contribution is 0.0711. The quantitative estimate of drug-likeness (QED) is 0.932. The molecule has 3 rings (SSSR count). The Labute approximate surface area is 149 Å². The van der Waals surface area contributed by atoms with E-state index in [1.807, 2.05) is 42.4 Å². The summed E-state index contributed by atoms with van der Waals surface area (Å²) in [6, 6.07) is 7.98. The molecule has 1 fully saturated rings. The molecule has 134 valence electrons. The molecule has 0 bridgehead atoms. The van der Waals surface area contributed by atoms with Crippen LogP contribution in [-0.2, 0) is 5.41 Å². The Bertz CT molecular complexity index is 719. The summed E-state index contributed by atoms with van der Waals surface area (Å²) in [6.07, 6.45) is 3.86. The number of anilines is 1. The first-order valence-electron chi connectivity index (χ1n) is 8.85. The Morgan fingerprint density at radius 1 is 1.36 bits per heavy atom. The van der Waals surface area contributed by atoms with Crippen LogP contribution in [0.1, 0.15) is 49.8 Å². The van der Waals surface area contributed by atoms with E-state index in [9.17, 15) is 4.79 Å². The molecule has 1 N–H and O–H groups in total. The molecule has 1 aliphatic heterocycles. The van der Waals surface area contributed by atoms with E-state index in [1.165, 1.54) is 0 Å². The van der Waals surface area contributed by atoms with Crippen LogP contribution in [0.15, 0.2) is 30.5 Å². The fourth-order valence-electron chi connectivity index (χ4n) is 3.18. The van der Waals surface area contributed by atoms with Crippen molar-refractivity contribution < 1.29 is 4.79 Å². The predicted octanol–water partition coefficient (Wildman–Crippen LogP) is 2.84. The van der Waals surface area contributed by atoms with Gasteiger partial charge >= 0.3 is 0 Å². The van der Waals surface area contributed by atoms with Crippen molar-refractivity contribution >= 4 is 11.7 Å². The van der Waals surface area contributed by atoms with Crippen molar-refractivity contribution in [1.29, 1.82) is 0 Å². The van der Waals surface area contributed by atoms with Crippen LogP contribution in [0.25, 0.3) is 0 Å². The zero-order valence-corrected chi connectivity index (χ0v) is 15.5. The van der Waals surface area contributed by atoms with Crippen molar-refractivity contribution in [2.24, 2.45) is 0 Å². The molecule has 2 aromatic rings. The molecular formula is C19H27N5O. The predicted molar refractivity (Wildman–Crippen MR) is 98.9 cm³/mol. The number of aromatic amines is 1. The molecule has 2 aromatic heterocycles. The minimum Gasteiger partial charge on any atom is -0.355 e. The Morgan fingerprint density at radius 3 is 2.80 bits per heavy atom. The molecule has 25 heavy (non-hydrogen) atoms. The molecule has 0 saturated carbocycles. The van der Waals surface area contributed by atoms with E-state index in [2.05, 4.69) is 40.9 Å². The van der Waals surface area contributed by atoms with Crippen molar-refractivity contribution in [3.05, 3.63) is 41.9 Å². The highest BCUT2D eigenvalue weighted by molar-refractivity contribution is 5.92. The third-order valence-electron chi connectivity index (χ3n) is 4.84. The monoisotopic (exact) mass is 341 g/mol. The Morgan fingerprint density at radius 2 is 2.16 bits per heavy atom. The van der Waals surface area contributed by atoms with Gasteiger partial charge in [0.25, 0.3) is 5.91 Å². The maximum Gasteiger partial charge on any atom is 0.274 e. The molecule has 1 saturated heterocycles. The van der Waals surface area contributed by atoms with Gasteiger partial charge in [-0.2, -0.15) is 5.10 Å². The number of nitrogens with zero attached hydrogens (tertiary/aromatic N) is 4. The van der Waals surface area contributed by atoms with E-state index < -0.39 is 0 Å². The number of hydrogen-bond donors (Lipinski definition) is 1. The van der Waals surface area contributed by atoms with E-state index in [1.54, 1.807) is 0 Å². The van der Waals surface area contributed by atoms with Crippen molar-refractivity contribution in [3.63, 3.8) is 0 Å². The van der Waals surface area contributed by atoms with Gasteiger partial charge in [-0.15, -0.1) is 0 Å². The van der Waals surface area contributed by atoms with Gasteiger partial charge in [0.1, 0.15) is 11.5 Å². The first kappa shape index (κ1) is 17.5. The average molecular weight is 341 g/mol. The fourth-order valence-corrected chi connectivity index (χ4v) is 3.18. The van der Waals surface area contributed by atoms with E-state index in [4.69, 9.17) is 0 Å². The summed E-state index contributed by atoms with van der Waals surface area (Å²) in [5.41, 5.74) is 1.41. The topological polar surface area (TPSA) is 65.1 Å². The third-order valence-corrected chi connectivity index (χ3v) is 4.84. The van der Waals surface area contributed by atoms with E-state index in [-0.39, 0.29) is 17.4 Å². The summed E-state index contributed by atoms with van der Waals surface area (Å²) in [5, 5.41) is 7.23. The van der Waals surface area contributed by atoms with Crippen LogP contribution < -0.4 is 4.90 Å². The summed E-state index contributed by atoms with van der Waals surface area (Å²) >= 11 is 0. The van der Waals surface area contributed by atoms with Crippen LogP contribution in [0.5, 0.6) is 0 Å². The number of aromatic nitrogens is 3. The second-order valence-corrected chi connectivity index (χ2v) is 7.76. The normalized spacial score (nSPS) is 18.2. The smallest absolute Gasteiger partial charge is 0.274 e. The average Bonchev–Trinajstić information content (AvgIpc) is 3.12. The number of likely N-dealkylation sites (N-methyl/N-ethyl adjacent to an activating group) is 1. The second kappa shape index (κ2) is 6.86. The minimum atomic E-state index is -0.0509.